The number of amides is 1. The fourth-order valence-electron chi connectivity index (χ4n) is 3.33. The minimum Gasteiger partial charge on any atom is -0.449 e. The highest BCUT2D eigenvalue weighted by Gasteiger charge is 2.24. The van der Waals surface area contributed by atoms with Crippen molar-refractivity contribution in [2.24, 2.45) is 0 Å². The highest BCUT2D eigenvalue weighted by atomic mass is 16.5. The largest absolute Gasteiger partial charge is 0.449 e. The van der Waals surface area contributed by atoms with Gasteiger partial charge in [0, 0.05) is 36.1 Å². The van der Waals surface area contributed by atoms with E-state index in [1.165, 1.54) is 4.90 Å². The van der Waals surface area contributed by atoms with Gasteiger partial charge in [-0.2, -0.15) is 0 Å². The molecule has 2 aromatic carbocycles. The molecule has 2 heterocycles. The molecule has 6 heteroatoms. The van der Waals surface area contributed by atoms with E-state index >= 15 is 0 Å². The summed E-state index contributed by atoms with van der Waals surface area (Å²) < 4.78 is 5.57. The maximum Gasteiger partial charge on any atom is 0.339 e. The van der Waals surface area contributed by atoms with Crippen LogP contribution in [0.15, 0.2) is 85.2 Å². The number of esters is 1. The number of ether oxygens (including phenoxy) is 1. The number of anilines is 1. The second kappa shape index (κ2) is 8.75. The minimum atomic E-state index is -0.952. The van der Waals surface area contributed by atoms with E-state index in [1.54, 1.807) is 32.4 Å². The van der Waals surface area contributed by atoms with Gasteiger partial charge in [-0.3, -0.25) is 9.78 Å². The Labute approximate surface area is 180 Å². The third-order valence-corrected chi connectivity index (χ3v) is 5.00. The summed E-state index contributed by atoms with van der Waals surface area (Å²) in [7, 11) is 1.66. The maximum absolute atomic E-state index is 13.1. The molecular formula is C25H21N3O3. The van der Waals surface area contributed by atoms with Gasteiger partial charge in [0.1, 0.15) is 0 Å². The molecule has 31 heavy (non-hydrogen) atoms. The summed E-state index contributed by atoms with van der Waals surface area (Å²) in [6.45, 7) is 1.57. The topological polar surface area (TPSA) is 72.4 Å². The van der Waals surface area contributed by atoms with Crippen LogP contribution >= 0.6 is 0 Å². The lowest BCUT2D eigenvalue weighted by molar-refractivity contribution is -0.126. The number of pyridine rings is 2. The van der Waals surface area contributed by atoms with E-state index in [0.717, 1.165) is 11.3 Å². The van der Waals surface area contributed by atoms with E-state index in [1.807, 2.05) is 66.7 Å². The highest BCUT2D eigenvalue weighted by Crippen LogP contribution is 2.25. The van der Waals surface area contributed by atoms with Gasteiger partial charge in [-0.1, -0.05) is 36.4 Å². The van der Waals surface area contributed by atoms with Crippen LogP contribution in [0.3, 0.4) is 0 Å². The Morgan fingerprint density at radius 2 is 1.71 bits per heavy atom. The number of nitrogens with zero attached hydrogens (tertiary/aromatic N) is 3. The summed E-state index contributed by atoms with van der Waals surface area (Å²) in [5, 5.41) is 0.663. The van der Waals surface area contributed by atoms with Crippen LogP contribution in [0, 0.1) is 0 Å². The number of para-hydroxylation sites is 2. The van der Waals surface area contributed by atoms with E-state index in [2.05, 4.69) is 9.97 Å². The van der Waals surface area contributed by atoms with Gasteiger partial charge in [-0.15, -0.1) is 0 Å². The molecule has 0 N–H and O–H groups in total. The molecule has 4 aromatic rings. The molecule has 2 aromatic heterocycles. The van der Waals surface area contributed by atoms with E-state index < -0.39 is 12.1 Å². The summed E-state index contributed by atoms with van der Waals surface area (Å²) in [4.78, 5) is 36.1. The van der Waals surface area contributed by atoms with Crippen LogP contribution in [-0.4, -0.2) is 35.0 Å². The van der Waals surface area contributed by atoms with Crippen molar-refractivity contribution in [3.8, 4) is 11.3 Å². The van der Waals surface area contributed by atoms with Crippen LogP contribution in [-0.2, 0) is 9.53 Å². The van der Waals surface area contributed by atoms with Crippen molar-refractivity contribution in [2.45, 2.75) is 13.0 Å². The molecule has 1 unspecified atom stereocenters. The Kier molecular flexibility index (Phi) is 5.71. The number of fused-ring (bicyclic) bond motifs is 1. The fraction of sp³-hybridized carbons (Fsp3) is 0.120. The molecule has 0 aliphatic heterocycles. The average molecular weight is 411 g/mol. The Bertz CT molecular complexity index is 1230. The van der Waals surface area contributed by atoms with Gasteiger partial charge in [0.05, 0.1) is 16.8 Å². The first-order valence-electron chi connectivity index (χ1n) is 9.88. The zero-order chi connectivity index (χ0) is 21.8. The molecule has 1 atom stereocenters. The lowest BCUT2D eigenvalue weighted by Crippen LogP contribution is -2.37. The Hall–Kier alpha value is -4.06. The zero-order valence-corrected chi connectivity index (χ0v) is 17.2. The molecule has 0 saturated carbocycles. The Balaban J connectivity index is 1.63. The van der Waals surface area contributed by atoms with Crippen LogP contribution in [0.5, 0.6) is 0 Å². The zero-order valence-electron chi connectivity index (χ0n) is 17.2. The van der Waals surface area contributed by atoms with Crippen LogP contribution in [0.4, 0.5) is 5.69 Å². The van der Waals surface area contributed by atoms with Gasteiger partial charge in [0.15, 0.2) is 6.10 Å². The van der Waals surface area contributed by atoms with Crippen molar-refractivity contribution < 1.29 is 14.3 Å². The molecule has 154 valence electrons. The van der Waals surface area contributed by atoms with Crippen molar-refractivity contribution in [1.29, 1.82) is 0 Å². The van der Waals surface area contributed by atoms with Crippen molar-refractivity contribution in [1.82, 2.24) is 9.97 Å². The molecule has 0 saturated heterocycles. The van der Waals surface area contributed by atoms with E-state index in [4.69, 9.17) is 4.74 Å². The first kappa shape index (κ1) is 20.2. The number of aromatic nitrogens is 2. The van der Waals surface area contributed by atoms with Gasteiger partial charge >= 0.3 is 5.97 Å². The number of hydrogen-bond donors (Lipinski definition) is 0. The molecule has 0 radical (unpaired) electrons. The second-order valence-corrected chi connectivity index (χ2v) is 7.09. The monoisotopic (exact) mass is 411 g/mol. The predicted molar refractivity (Wildman–Crippen MR) is 120 cm³/mol. The average Bonchev–Trinajstić information content (AvgIpc) is 2.83. The van der Waals surface area contributed by atoms with Gasteiger partial charge in [0.25, 0.3) is 5.91 Å². The SMILES string of the molecule is CC(OC(=O)c1cc(-c2cccnc2)nc2ccccc12)C(=O)N(C)c1ccccc1. The van der Waals surface area contributed by atoms with Crippen LogP contribution in [0.25, 0.3) is 22.2 Å². The van der Waals surface area contributed by atoms with Crippen molar-refractivity contribution in [3.63, 3.8) is 0 Å². The summed E-state index contributed by atoms with van der Waals surface area (Å²) >= 11 is 0. The smallest absolute Gasteiger partial charge is 0.339 e. The lowest BCUT2D eigenvalue weighted by Gasteiger charge is -2.22. The Morgan fingerprint density at radius 1 is 0.968 bits per heavy atom. The minimum absolute atomic E-state index is 0.314. The van der Waals surface area contributed by atoms with Gasteiger partial charge < -0.3 is 9.64 Å². The molecule has 1 amide bonds. The molecule has 4 rings (SSSR count). The third-order valence-electron chi connectivity index (χ3n) is 5.00. The number of carbonyl (C=O) groups is 2. The molecule has 6 nitrogen and oxygen atoms in total. The molecule has 0 fully saturated rings. The van der Waals surface area contributed by atoms with Gasteiger partial charge in [0.2, 0.25) is 0 Å². The standard InChI is InChI=1S/C25H21N3O3/c1-17(24(29)28(2)19-10-4-3-5-11-19)31-25(30)21-15-23(18-9-8-14-26-16-18)27-22-13-7-6-12-20(21)22/h3-17H,1-2H3. The third kappa shape index (κ3) is 4.28. The van der Waals surface area contributed by atoms with Crippen LogP contribution < -0.4 is 4.90 Å². The van der Waals surface area contributed by atoms with Crippen LogP contribution in [0.1, 0.15) is 17.3 Å². The fourth-order valence-corrected chi connectivity index (χ4v) is 3.33. The van der Waals surface area contributed by atoms with Crippen LogP contribution in [0.2, 0.25) is 0 Å². The van der Waals surface area contributed by atoms with Crippen molar-refractivity contribution in [3.05, 3.63) is 90.8 Å². The number of likely N-dealkylation sites (N-methyl/N-ethyl adjacent to an activating group) is 1. The predicted octanol–water partition coefficient (Wildman–Crippen LogP) is 4.51. The molecule has 0 aliphatic carbocycles. The lowest BCUT2D eigenvalue weighted by atomic mass is 10.0. The first-order chi connectivity index (χ1) is 15.0. The number of hydrogen-bond acceptors (Lipinski definition) is 5. The number of carbonyl (C=O) groups excluding carboxylic acids is 2. The normalized spacial score (nSPS) is 11.7. The molecular weight excluding hydrogens is 390 g/mol. The maximum atomic E-state index is 13.1. The molecule has 0 bridgehead atoms. The van der Waals surface area contributed by atoms with E-state index in [-0.39, 0.29) is 5.91 Å². The summed E-state index contributed by atoms with van der Waals surface area (Å²) in [6.07, 6.45) is 2.41. The van der Waals surface area contributed by atoms with E-state index in [9.17, 15) is 9.59 Å². The summed E-state index contributed by atoms with van der Waals surface area (Å²) in [5.74, 6) is -0.892. The molecule has 0 aliphatic rings. The molecule has 0 spiro atoms. The summed E-state index contributed by atoms with van der Waals surface area (Å²) in [5.41, 5.74) is 3.14. The number of rotatable bonds is 5. The quantitative estimate of drug-likeness (QED) is 0.452. The highest BCUT2D eigenvalue weighted by molar-refractivity contribution is 6.06. The second-order valence-electron chi connectivity index (χ2n) is 7.09. The van der Waals surface area contributed by atoms with Crippen molar-refractivity contribution in [2.75, 3.05) is 11.9 Å². The number of benzene rings is 2. The van der Waals surface area contributed by atoms with Gasteiger partial charge in [-0.05, 0) is 43.3 Å². The van der Waals surface area contributed by atoms with E-state index in [0.29, 0.717) is 22.2 Å². The summed E-state index contributed by atoms with van der Waals surface area (Å²) in [6, 6.07) is 21.9. The first-order valence-corrected chi connectivity index (χ1v) is 9.88. The van der Waals surface area contributed by atoms with Gasteiger partial charge in [-0.25, -0.2) is 9.78 Å². The van der Waals surface area contributed by atoms with Crippen molar-refractivity contribution >= 4 is 28.5 Å². The Morgan fingerprint density at radius 3 is 2.45 bits per heavy atom.